The average Bonchev–Trinajstić information content (AvgIpc) is 2.30. The molecule has 2 aromatic rings. The molecule has 1 nitrogen and oxygen atoms in total. The third-order valence-corrected chi connectivity index (χ3v) is 2.75. The Balaban J connectivity index is 2.34. The number of thiocarbonyl (C=S) groups is 1. The van der Waals surface area contributed by atoms with E-state index in [9.17, 15) is 0 Å². The van der Waals surface area contributed by atoms with Crippen molar-refractivity contribution in [2.45, 2.75) is 6.92 Å². The molecule has 0 aliphatic carbocycles. The number of aliphatic hydroxyl groups is 1. The Morgan fingerprint density at radius 2 is 1.31 bits per heavy atom. The lowest BCUT2D eigenvalue weighted by Crippen LogP contribution is -1.93. The van der Waals surface area contributed by atoms with Crippen molar-refractivity contribution >= 4 is 17.3 Å². The van der Waals surface area contributed by atoms with Crippen LogP contribution in [0.15, 0.2) is 48.5 Å². The van der Waals surface area contributed by atoms with Crippen LogP contribution in [-0.2, 0) is 0 Å². The largest absolute Gasteiger partial charge is 0.499 e. The van der Waals surface area contributed by atoms with Crippen LogP contribution in [0.2, 0.25) is 0 Å². The molecule has 0 saturated heterocycles. The van der Waals surface area contributed by atoms with Gasteiger partial charge in [0.2, 0.25) is 0 Å². The van der Waals surface area contributed by atoms with E-state index < -0.39 is 0 Å². The van der Waals surface area contributed by atoms with Gasteiger partial charge in [0.1, 0.15) is 0 Å². The van der Waals surface area contributed by atoms with E-state index in [0.717, 1.165) is 5.56 Å². The molecule has 0 atom stereocenters. The highest BCUT2D eigenvalue weighted by atomic mass is 32.1. The fraction of sp³-hybridized carbons (Fsp3) is 0.0714. The molecular weight excluding hydrogens is 216 g/mol. The second-order valence-corrected chi connectivity index (χ2v) is 4.14. The van der Waals surface area contributed by atoms with Crippen LogP contribution in [0.1, 0.15) is 11.1 Å². The van der Waals surface area contributed by atoms with Gasteiger partial charge in [0.25, 0.3) is 0 Å². The van der Waals surface area contributed by atoms with Gasteiger partial charge < -0.3 is 5.11 Å². The van der Waals surface area contributed by atoms with E-state index >= 15 is 0 Å². The molecule has 0 aliphatic heterocycles. The van der Waals surface area contributed by atoms with E-state index in [-0.39, 0.29) is 5.05 Å². The molecule has 0 heterocycles. The third-order valence-electron chi connectivity index (χ3n) is 2.52. The number of benzene rings is 2. The minimum atomic E-state index is -0.0598. The van der Waals surface area contributed by atoms with Crippen molar-refractivity contribution in [3.8, 4) is 11.1 Å². The Kier molecular flexibility index (Phi) is 3.02. The Hall–Kier alpha value is -1.67. The van der Waals surface area contributed by atoms with Gasteiger partial charge in [0.05, 0.1) is 0 Å². The van der Waals surface area contributed by atoms with Crippen LogP contribution in [0.5, 0.6) is 0 Å². The van der Waals surface area contributed by atoms with Crippen molar-refractivity contribution < 1.29 is 5.11 Å². The molecule has 0 spiro atoms. The summed E-state index contributed by atoms with van der Waals surface area (Å²) in [5.41, 5.74) is 4.23. The summed E-state index contributed by atoms with van der Waals surface area (Å²) in [7, 11) is 0. The monoisotopic (exact) mass is 228 g/mol. The normalized spacial score (nSPS) is 10.1. The molecular formula is C14H12OS. The number of aryl methyl sites for hydroxylation is 1. The smallest absolute Gasteiger partial charge is 0.188 e. The molecule has 1 N–H and O–H groups in total. The van der Waals surface area contributed by atoms with Crippen LogP contribution < -0.4 is 0 Å². The van der Waals surface area contributed by atoms with E-state index in [4.69, 9.17) is 17.3 Å². The van der Waals surface area contributed by atoms with Crippen LogP contribution in [0.25, 0.3) is 11.1 Å². The summed E-state index contributed by atoms with van der Waals surface area (Å²) in [4.78, 5) is 0. The van der Waals surface area contributed by atoms with Gasteiger partial charge in [-0.15, -0.1) is 0 Å². The van der Waals surface area contributed by atoms with Crippen molar-refractivity contribution in [3.63, 3.8) is 0 Å². The maximum atomic E-state index is 9.15. The lowest BCUT2D eigenvalue weighted by molar-refractivity contribution is 0.571. The van der Waals surface area contributed by atoms with Crippen molar-refractivity contribution in [1.29, 1.82) is 0 Å². The first-order valence-corrected chi connectivity index (χ1v) is 5.48. The molecule has 0 amide bonds. The van der Waals surface area contributed by atoms with Gasteiger partial charge in [-0.25, -0.2) is 0 Å². The lowest BCUT2D eigenvalue weighted by atomic mass is 10.0. The van der Waals surface area contributed by atoms with Crippen LogP contribution in [-0.4, -0.2) is 10.2 Å². The Morgan fingerprint density at radius 1 is 0.875 bits per heavy atom. The SMILES string of the molecule is Cc1ccc(-c2ccc(C(O)=S)cc2)cc1. The molecule has 0 radical (unpaired) electrons. The van der Waals surface area contributed by atoms with E-state index in [2.05, 4.69) is 31.2 Å². The molecule has 0 fully saturated rings. The summed E-state index contributed by atoms with van der Waals surface area (Å²) in [5, 5.41) is 9.09. The second-order valence-electron chi connectivity index (χ2n) is 3.75. The zero-order valence-electron chi connectivity index (χ0n) is 8.97. The summed E-state index contributed by atoms with van der Waals surface area (Å²) < 4.78 is 0. The minimum absolute atomic E-state index is 0.0598. The molecule has 0 unspecified atom stereocenters. The van der Waals surface area contributed by atoms with Crippen molar-refractivity contribution in [2.75, 3.05) is 0 Å². The Morgan fingerprint density at radius 3 is 1.75 bits per heavy atom. The van der Waals surface area contributed by atoms with Crippen molar-refractivity contribution in [3.05, 3.63) is 59.7 Å². The molecule has 16 heavy (non-hydrogen) atoms. The quantitative estimate of drug-likeness (QED) is 0.787. The highest BCUT2D eigenvalue weighted by Crippen LogP contribution is 2.20. The summed E-state index contributed by atoms with van der Waals surface area (Å²) in [6, 6.07) is 15.9. The molecule has 2 heteroatoms. The predicted molar refractivity (Wildman–Crippen MR) is 70.9 cm³/mol. The van der Waals surface area contributed by atoms with Crippen molar-refractivity contribution in [1.82, 2.24) is 0 Å². The van der Waals surface area contributed by atoms with Crippen LogP contribution >= 0.6 is 12.2 Å². The van der Waals surface area contributed by atoms with E-state index in [1.54, 1.807) is 0 Å². The summed E-state index contributed by atoms with van der Waals surface area (Å²) in [6.45, 7) is 2.07. The Bertz CT molecular complexity index is 497. The van der Waals surface area contributed by atoms with Crippen LogP contribution in [0.3, 0.4) is 0 Å². The zero-order valence-corrected chi connectivity index (χ0v) is 9.79. The van der Waals surface area contributed by atoms with Crippen molar-refractivity contribution in [2.24, 2.45) is 0 Å². The molecule has 0 saturated carbocycles. The average molecular weight is 228 g/mol. The number of hydrogen-bond acceptors (Lipinski definition) is 1. The maximum absolute atomic E-state index is 9.15. The van der Waals surface area contributed by atoms with Gasteiger partial charge in [-0.2, -0.15) is 0 Å². The molecule has 2 rings (SSSR count). The van der Waals surface area contributed by atoms with Gasteiger partial charge in [-0.3, -0.25) is 0 Å². The van der Waals surface area contributed by atoms with Gasteiger partial charge in [0, 0.05) is 5.56 Å². The molecule has 0 aliphatic rings. The lowest BCUT2D eigenvalue weighted by Gasteiger charge is -2.03. The summed E-state index contributed by atoms with van der Waals surface area (Å²) >= 11 is 4.69. The molecule has 2 aromatic carbocycles. The summed E-state index contributed by atoms with van der Waals surface area (Å²) in [5.74, 6) is 0. The van der Waals surface area contributed by atoms with E-state index in [1.807, 2.05) is 24.3 Å². The van der Waals surface area contributed by atoms with Crippen LogP contribution in [0.4, 0.5) is 0 Å². The topological polar surface area (TPSA) is 20.2 Å². The van der Waals surface area contributed by atoms with Gasteiger partial charge in [-0.05, 0) is 42.4 Å². The number of aliphatic hydroxyl groups excluding tert-OH is 1. The minimum Gasteiger partial charge on any atom is -0.499 e. The summed E-state index contributed by atoms with van der Waals surface area (Å²) in [6.07, 6.45) is 0. The molecule has 0 bridgehead atoms. The maximum Gasteiger partial charge on any atom is 0.188 e. The fourth-order valence-electron chi connectivity index (χ4n) is 1.55. The first kappa shape index (κ1) is 10.8. The fourth-order valence-corrected chi connectivity index (χ4v) is 1.69. The number of rotatable bonds is 2. The van der Waals surface area contributed by atoms with Gasteiger partial charge >= 0.3 is 0 Å². The van der Waals surface area contributed by atoms with Gasteiger partial charge in [-0.1, -0.05) is 42.0 Å². The van der Waals surface area contributed by atoms with E-state index in [0.29, 0.717) is 5.56 Å². The predicted octanol–water partition coefficient (Wildman–Crippen LogP) is 3.90. The molecule has 80 valence electrons. The second kappa shape index (κ2) is 4.45. The Labute approximate surface area is 100 Å². The van der Waals surface area contributed by atoms with Crippen LogP contribution in [0, 0.1) is 6.92 Å². The first-order chi connectivity index (χ1) is 7.66. The molecule has 0 aromatic heterocycles. The van der Waals surface area contributed by atoms with E-state index in [1.165, 1.54) is 11.1 Å². The first-order valence-electron chi connectivity index (χ1n) is 5.07. The number of hydrogen-bond donors (Lipinski definition) is 1. The zero-order chi connectivity index (χ0) is 11.5. The highest BCUT2D eigenvalue weighted by molar-refractivity contribution is 7.80. The third kappa shape index (κ3) is 2.28. The van der Waals surface area contributed by atoms with Gasteiger partial charge in [0.15, 0.2) is 5.05 Å². The standard InChI is InChI=1S/C14H12OS/c1-10-2-4-11(5-3-10)12-6-8-13(9-7-12)14(15)16/h2-9H,1H3,(H,15,16). The highest BCUT2D eigenvalue weighted by Gasteiger charge is 2.00.